The number of halogens is 1. The highest BCUT2D eigenvalue weighted by molar-refractivity contribution is 9.10. The summed E-state index contributed by atoms with van der Waals surface area (Å²) in [5.74, 6) is 0.359. The van der Waals surface area contributed by atoms with Crippen molar-refractivity contribution in [2.75, 3.05) is 0 Å². The number of hydrogen-bond acceptors (Lipinski definition) is 5. The van der Waals surface area contributed by atoms with Crippen LogP contribution in [0.15, 0.2) is 53.0 Å². The minimum Gasteiger partial charge on any atom is -0.425 e. The van der Waals surface area contributed by atoms with E-state index in [1.54, 1.807) is 26.0 Å². The fourth-order valence-electron chi connectivity index (χ4n) is 2.58. The Bertz CT molecular complexity index is 1090. The smallest absolute Gasteiger partial charge is 0.310 e. The van der Waals surface area contributed by atoms with Gasteiger partial charge in [-0.25, -0.2) is 4.98 Å². The molecule has 0 saturated heterocycles. The molecule has 3 rings (SSSR count). The predicted molar refractivity (Wildman–Crippen MR) is 117 cm³/mol. The molecule has 0 fully saturated rings. The van der Waals surface area contributed by atoms with E-state index in [2.05, 4.69) is 20.9 Å². The van der Waals surface area contributed by atoms with E-state index in [-0.39, 0.29) is 11.9 Å². The number of carbonyl (C=O) groups excluding carboxylic acids is 2. The molecular formula is C23H20BrNO4. The fraction of sp³-hybridized carbons (Fsp3) is 0.174. The zero-order valence-electron chi connectivity index (χ0n) is 16.1. The number of nitrogens with zero attached hydrogens (tertiary/aromatic N) is 1. The number of fused-ring (bicyclic) bond motifs is 1. The average Bonchev–Trinajstić information content (AvgIpc) is 2.74. The third kappa shape index (κ3) is 5.29. The third-order valence-corrected chi connectivity index (χ3v) is 4.75. The van der Waals surface area contributed by atoms with Crippen LogP contribution < -0.4 is 9.47 Å². The van der Waals surface area contributed by atoms with Gasteiger partial charge >= 0.3 is 11.9 Å². The van der Waals surface area contributed by atoms with Crippen LogP contribution in [0, 0.1) is 0 Å². The molecule has 1 heterocycles. The first-order valence-electron chi connectivity index (χ1n) is 9.29. The van der Waals surface area contributed by atoms with Gasteiger partial charge in [0.25, 0.3) is 0 Å². The molecule has 148 valence electrons. The molecule has 0 bridgehead atoms. The lowest BCUT2D eigenvalue weighted by Crippen LogP contribution is -2.06. The maximum absolute atomic E-state index is 11.7. The average molecular weight is 454 g/mol. The van der Waals surface area contributed by atoms with Gasteiger partial charge < -0.3 is 9.47 Å². The SMILES string of the molecule is CCC(=O)Oc1ccc(C=Cc2ccc3cccc(OC(=O)CC)c3n2)cc1Br. The summed E-state index contributed by atoms with van der Waals surface area (Å²) in [4.78, 5) is 27.7. The summed E-state index contributed by atoms with van der Waals surface area (Å²) in [5, 5.41) is 0.897. The number of rotatable bonds is 6. The van der Waals surface area contributed by atoms with Crippen molar-refractivity contribution in [1.29, 1.82) is 0 Å². The summed E-state index contributed by atoms with van der Waals surface area (Å²) in [6.07, 6.45) is 4.40. The zero-order chi connectivity index (χ0) is 20.8. The number of aromatic nitrogens is 1. The van der Waals surface area contributed by atoms with Crippen molar-refractivity contribution in [1.82, 2.24) is 4.98 Å². The number of esters is 2. The van der Waals surface area contributed by atoms with Crippen LogP contribution in [0.2, 0.25) is 0 Å². The Morgan fingerprint density at radius 1 is 0.931 bits per heavy atom. The molecule has 3 aromatic rings. The van der Waals surface area contributed by atoms with Gasteiger partial charge in [0.05, 0.1) is 10.2 Å². The molecule has 0 atom stereocenters. The summed E-state index contributed by atoms with van der Waals surface area (Å²) in [6, 6.07) is 14.8. The van der Waals surface area contributed by atoms with Crippen LogP contribution in [0.25, 0.3) is 23.1 Å². The molecule has 29 heavy (non-hydrogen) atoms. The molecule has 5 nitrogen and oxygen atoms in total. The highest BCUT2D eigenvalue weighted by atomic mass is 79.9. The lowest BCUT2D eigenvalue weighted by atomic mass is 10.1. The van der Waals surface area contributed by atoms with E-state index < -0.39 is 0 Å². The maximum Gasteiger partial charge on any atom is 0.310 e. The van der Waals surface area contributed by atoms with Crippen LogP contribution in [-0.2, 0) is 9.59 Å². The monoisotopic (exact) mass is 453 g/mol. The van der Waals surface area contributed by atoms with E-state index in [4.69, 9.17) is 9.47 Å². The minimum atomic E-state index is -0.297. The number of ether oxygens (including phenoxy) is 2. The highest BCUT2D eigenvalue weighted by Crippen LogP contribution is 2.28. The zero-order valence-corrected chi connectivity index (χ0v) is 17.7. The van der Waals surface area contributed by atoms with Gasteiger partial charge in [-0.2, -0.15) is 0 Å². The molecule has 0 unspecified atom stereocenters. The lowest BCUT2D eigenvalue weighted by molar-refractivity contribution is -0.134. The topological polar surface area (TPSA) is 65.5 Å². The van der Waals surface area contributed by atoms with Crippen LogP contribution in [0.4, 0.5) is 0 Å². The lowest BCUT2D eigenvalue weighted by Gasteiger charge is -2.07. The van der Waals surface area contributed by atoms with Crippen LogP contribution in [-0.4, -0.2) is 16.9 Å². The molecular weight excluding hydrogens is 434 g/mol. The molecule has 0 aliphatic carbocycles. The Kier molecular flexibility index (Phi) is 6.77. The maximum atomic E-state index is 11.7. The fourth-order valence-corrected chi connectivity index (χ4v) is 3.06. The van der Waals surface area contributed by atoms with Crippen molar-refractivity contribution in [3.63, 3.8) is 0 Å². The van der Waals surface area contributed by atoms with Crippen LogP contribution in [0.1, 0.15) is 37.9 Å². The molecule has 6 heteroatoms. The van der Waals surface area contributed by atoms with E-state index in [0.29, 0.717) is 34.3 Å². The number of para-hydroxylation sites is 1. The van der Waals surface area contributed by atoms with E-state index in [0.717, 1.165) is 16.6 Å². The van der Waals surface area contributed by atoms with Gasteiger partial charge in [0.15, 0.2) is 5.75 Å². The molecule has 0 N–H and O–H groups in total. The summed E-state index contributed by atoms with van der Waals surface area (Å²) < 4.78 is 11.3. The van der Waals surface area contributed by atoms with Gasteiger partial charge in [-0.05, 0) is 51.8 Å². The highest BCUT2D eigenvalue weighted by Gasteiger charge is 2.09. The van der Waals surface area contributed by atoms with Crippen LogP contribution in [0.3, 0.4) is 0 Å². The summed E-state index contributed by atoms with van der Waals surface area (Å²) in [5.41, 5.74) is 2.29. The Morgan fingerprint density at radius 2 is 1.66 bits per heavy atom. The molecule has 0 aliphatic rings. The Labute approximate surface area is 177 Å². The number of pyridine rings is 1. The van der Waals surface area contributed by atoms with Crippen molar-refractivity contribution >= 4 is 50.9 Å². The molecule has 0 saturated carbocycles. The van der Waals surface area contributed by atoms with Crippen molar-refractivity contribution in [3.8, 4) is 11.5 Å². The second-order valence-corrected chi connectivity index (χ2v) is 7.10. The standard InChI is InChI=1S/C23H20BrNO4/c1-3-21(26)28-19-13-9-15(14-18(19)24)8-11-17-12-10-16-6-5-7-20(23(16)25-17)29-22(27)4-2/h5-14H,3-4H2,1-2H3. The van der Waals surface area contributed by atoms with Crippen molar-refractivity contribution in [2.24, 2.45) is 0 Å². The number of benzene rings is 2. The number of hydrogen-bond donors (Lipinski definition) is 0. The van der Waals surface area contributed by atoms with Crippen LogP contribution in [0.5, 0.6) is 11.5 Å². The van der Waals surface area contributed by atoms with Crippen LogP contribution >= 0.6 is 15.9 Å². The van der Waals surface area contributed by atoms with E-state index in [9.17, 15) is 9.59 Å². The Hall–Kier alpha value is -2.99. The van der Waals surface area contributed by atoms with Gasteiger partial charge in [0.1, 0.15) is 11.3 Å². The third-order valence-electron chi connectivity index (χ3n) is 4.13. The molecule has 0 aliphatic heterocycles. The molecule has 0 spiro atoms. The van der Waals surface area contributed by atoms with E-state index >= 15 is 0 Å². The number of carbonyl (C=O) groups is 2. The normalized spacial score (nSPS) is 11.0. The Morgan fingerprint density at radius 3 is 2.34 bits per heavy atom. The van der Waals surface area contributed by atoms with E-state index in [1.165, 1.54) is 0 Å². The quantitative estimate of drug-likeness (QED) is 0.348. The predicted octanol–water partition coefficient (Wildman–Crippen LogP) is 5.80. The van der Waals surface area contributed by atoms with Gasteiger partial charge in [0, 0.05) is 18.2 Å². The van der Waals surface area contributed by atoms with Crippen molar-refractivity contribution < 1.29 is 19.1 Å². The first-order valence-corrected chi connectivity index (χ1v) is 10.1. The molecule has 1 aromatic heterocycles. The molecule has 0 amide bonds. The van der Waals surface area contributed by atoms with E-state index in [1.807, 2.05) is 48.6 Å². The minimum absolute atomic E-state index is 0.283. The second-order valence-electron chi connectivity index (χ2n) is 6.24. The Balaban J connectivity index is 1.85. The summed E-state index contributed by atoms with van der Waals surface area (Å²) >= 11 is 3.43. The summed E-state index contributed by atoms with van der Waals surface area (Å²) in [6.45, 7) is 3.50. The first kappa shape index (κ1) is 20.7. The van der Waals surface area contributed by atoms with Gasteiger partial charge in [-0.15, -0.1) is 0 Å². The van der Waals surface area contributed by atoms with Crippen molar-refractivity contribution in [2.45, 2.75) is 26.7 Å². The molecule has 2 aromatic carbocycles. The van der Waals surface area contributed by atoms with Crippen molar-refractivity contribution in [3.05, 3.63) is 64.3 Å². The second kappa shape index (κ2) is 9.47. The van der Waals surface area contributed by atoms with Gasteiger partial charge in [0.2, 0.25) is 0 Å². The first-order chi connectivity index (χ1) is 14.0. The largest absolute Gasteiger partial charge is 0.425 e. The molecule has 0 radical (unpaired) electrons. The van der Waals surface area contributed by atoms with Gasteiger partial charge in [-0.1, -0.05) is 44.2 Å². The van der Waals surface area contributed by atoms with Gasteiger partial charge in [-0.3, -0.25) is 9.59 Å². The summed E-state index contributed by atoms with van der Waals surface area (Å²) in [7, 11) is 0.